The number of benzene rings is 2. The highest BCUT2D eigenvalue weighted by molar-refractivity contribution is 5.39. The van der Waals surface area contributed by atoms with Gasteiger partial charge in [-0.1, -0.05) is 36.4 Å². The summed E-state index contributed by atoms with van der Waals surface area (Å²) in [6.45, 7) is 4.26. The Morgan fingerprint density at radius 2 is 1.50 bits per heavy atom. The largest absolute Gasteiger partial charge is 1.00 e. The molecular formula is C17H17ClN2. The predicted octanol–water partition coefficient (Wildman–Crippen LogP) is 0.375. The summed E-state index contributed by atoms with van der Waals surface area (Å²) in [7, 11) is 0. The van der Waals surface area contributed by atoms with Crippen LogP contribution >= 0.6 is 0 Å². The van der Waals surface area contributed by atoms with Gasteiger partial charge in [0, 0.05) is 0 Å². The Kier molecular flexibility index (Phi) is 4.26. The maximum atomic E-state index is 2.15. The van der Waals surface area contributed by atoms with Crippen molar-refractivity contribution in [3.63, 3.8) is 0 Å². The highest BCUT2D eigenvalue weighted by atomic mass is 35.5. The molecule has 2 aromatic carbocycles. The average Bonchev–Trinajstić information content (AvgIpc) is 2.89. The Labute approximate surface area is 125 Å². The van der Waals surface area contributed by atoms with Crippen molar-refractivity contribution in [1.82, 2.24) is 4.57 Å². The van der Waals surface area contributed by atoms with Crippen molar-refractivity contribution in [1.29, 1.82) is 0 Å². The van der Waals surface area contributed by atoms with Crippen LogP contribution in [0.5, 0.6) is 0 Å². The van der Waals surface area contributed by atoms with E-state index in [1.165, 1.54) is 22.5 Å². The van der Waals surface area contributed by atoms with Gasteiger partial charge in [0.1, 0.15) is 23.8 Å². The number of para-hydroxylation sites is 2. The van der Waals surface area contributed by atoms with Crippen LogP contribution in [0.1, 0.15) is 11.1 Å². The molecule has 0 aliphatic carbocycles. The van der Waals surface area contributed by atoms with Gasteiger partial charge in [-0.3, -0.25) is 0 Å². The van der Waals surface area contributed by atoms with E-state index >= 15 is 0 Å². The monoisotopic (exact) mass is 284 g/mol. The quantitative estimate of drug-likeness (QED) is 0.602. The van der Waals surface area contributed by atoms with Crippen molar-refractivity contribution in [2.75, 3.05) is 0 Å². The Bertz CT molecular complexity index is 656. The van der Waals surface area contributed by atoms with Crippen LogP contribution in [0.4, 0.5) is 0 Å². The second-order valence-electron chi connectivity index (χ2n) is 4.80. The molecule has 1 heterocycles. The van der Waals surface area contributed by atoms with Crippen LogP contribution in [0.3, 0.4) is 0 Å². The van der Waals surface area contributed by atoms with E-state index in [-0.39, 0.29) is 12.4 Å². The van der Waals surface area contributed by atoms with Crippen LogP contribution in [-0.2, 0) is 0 Å². The first-order chi connectivity index (χ1) is 9.25. The van der Waals surface area contributed by atoms with Gasteiger partial charge < -0.3 is 12.4 Å². The van der Waals surface area contributed by atoms with Crippen LogP contribution in [0.15, 0.2) is 67.3 Å². The van der Waals surface area contributed by atoms with Gasteiger partial charge in [0.15, 0.2) is 0 Å². The Morgan fingerprint density at radius 1 is 0.850 bits per heavy atom. The number of rotatable bonds is 2. The van der Waals surface area contributed by atoms with Gasteiger partial charge in [-0.2, -0.15) is 0 Å². The summed E-state index contributed by atoms with van der Waals surface area (Å²) in [4.78, 5) is 0. The van der Waals surface area contributed by atoms with E-state index in [9.17, 15) is 0 Å². The molecule has 0 saturated carbocycles. The summed E-state index contributed by atoms with van der Waals surface area (Å²) >= 11 is 0. The Balaban J connectivity index is 0.00000147. The molecule has 2 nitrogen and oxygen atoms in total. The molecule has 0 aliphatic heterocycles. The highest BCUT2D eigenvalue weighted by Gasteiger charge is 2.11. The lowest BCUT2D eigenvalue weighted by atomic mass is 10.2. The zero-order valence-electron chi connectivity index (χ0n) is 11.6. The van der Waals surface area contributed by atoms with E-state index in [0.717, 1.165) is 0 Å². The molecule has 0 saturated heterocycles. The highest BCUT2D eigenvalue weighted by Crippen LogP contribution is 2.13. The molecule has 0 spiro atoms. The van der Waals surface area contributed by atoms with Crippen LogP contribution in [0.2, 0.25) is 0 Å². The van der Waals surface area contributed by atoms with E-state index in [2.05, 4.69) is 90.2 Å². The molecule has 0 fully saturated rings. The molecule has 20 heavy (non-hydrogen) atoms. The van der Waals surface area contributed by atoms with Gasteiger partial charge >= 0.3 is 0 Å². The smallest absolute Gasteiger partial charge is 0.254 e. The maximum absolute atomic E-state index is 2.15. The standard InChI is InChI=1S/C17H17N2.ClH/c1-14-7-3-5-9-16(14)18-11-12-19(13-18)17-10-6-4-8-15(17)2;/h3-13H,1-2H3;1H/q+1;/p-1. The third kappa shape index (κ3) is 2.61. The lowest BCUT2D eigenvalue weighted by Gasteiger charge is -2.01. The zero-order valence-corrected chi connectivity index (χ0v) is 12.4. The van der Waals surface area contributed by atoms with Crippen LogP contribution in [0.25, 0.3) is 11.4 Å². The minimum Gasteiger partial charge on any atom is -1.00 e. The van der Waals surface area contributed by atoms with Crippen molar-refractivity contribution in [3.05, 3.63) is 78.4 Å². The third-order valence-corrected chi connectivity index (χ3v) is 3.42. The molecule has 0 amide bonds. The molecule has 0 bridgehead atoms. The van der Waals surface area contributed by atoms with Crippen molar-refractivity contribution in [2.45, 2.75) is 13.8 Å². The third-order valence-electron chi connectivity index (χ3n) is 3.42. The summed E-state index contributed by atoms with van der Waals surface area (Å²) in [6.07, 6.45) is 6.30. The number of aromatic nitrogens is 2. The molecule has 1 aromatic heterocycles. The van der Waals surface area contributed by atoms with E-state index in [0.29, 0.717) is 0 Å². The molecule has 3 rings (SSSR count). The van der Waals surface area contributed by atoms with Gasteiger partial charge in [0.2, 0.25) is 0 Å². The first-order valence-corrected chi connectivity index (χ1v) is 6.47. The normalized spacial score (nSPS) is 10.1. The summed E-state index contributed by atoms with van der Waals surface area (Å²) < 4.78 is 4.31. The van der Waals surface area contributed by atoms with Gasteiger partial charge in [0.25, 0.3) is 6.33 Å². The van der Waals surface area contributed by atoms with Gasteiger partial charge in [0.05, 0.1) is 0 Å². The molecule has 0 radical (unpaired) electrons. The SMILES string of the molecule is Cc1ccccc1-n1cc[n+](-c2ccccc2C)c1.[Cl-]. The average molecular weight is 285 g/mol. The number of imidazole rings is 1. The van der Waals surface area contributed by atoms with E-state index < -0.39 is 0 Å². The lowest BCUT2D eigenvalue weighted by molar-refractivity contribution is -0.595. The van der Waals surface area contributed by atoms with Crippen molar-refractivity contribution in [2.24, 2.45) is 0 Å². The van der Waals surface area contributed by atoms with Crippen LogP contribution in [-0.4, -0.2) is 4.57 Å². The fourth-order valence-electron chi connectivity index (χ4n) is 2.35. The van der Waals surface area contributed by atoms with Crippen molar-refractivity contribution >= 4 is 0 Å². The second-order valence-corrected chi connectivity index (χ2v) is 4.80. The lowest BCUT2D eigenvalue weighted by Crippen LogP contribution is -3.00. The summed E-state index contributed by atoms with van der Waals surface area (Å²) in [5, 5.41) is 0. The van der Waals surface area contributed by atoms with Crippen LogP contribution in [0, 0.1) is 13.8 Å². The molecule has 0 atom stereocenters. The number of hydrogen-bond acceptors (Lipinski definition) is 0. The maximum Gasteiger partial charge on any atom is 0.254 e. The topological polar surface area (TPSA) is 8.81 Å². The molecule has 0 unspecified atom stereocenters. The molecular weight excluding hydrogens is 268 g/mol. The van der Waals surface area contributed by atoms with Gasteiger partial charge in [-0.25, -0.2) is 9.13 Å². The second kappa shape index (κ2) is 5.93. The van der Waals surface area contributed by atoms with E-state index in [1.807, 2.05) is 0 Å². The summed E-state index contributed by atoms with van der Waals surface area (Å²) in [5.41, 5.74) is 4.98. The van der Waals surface area contributed by atoms with Crippen molar-refractivity contribution in [3.8, 4) is 11.4 Å². The molecule has 0 aliphatic rings. The number of hydrogen-bond donors (Lipinski definition) is 0. The number of nitrogens with zero attached hydrogens (tertiary/aromatic N) is 2. The van der Waals surface area contributed by atoms with Crippen molar-refractivity contribution < 1.29 is 17.0 Å². The summed E-state index contributed by atoms with van der Waals surface area (Å²) in [5.74, 6) is 0. The van der Waals surface area contributed by atoms with E-state index in [4.69, 9.17) is 0 Å². The fourth-order valence-corrected chi connectivity index (χ4v) is 2.35. The minimum atomic E-state index is 0. The van der Waals surface area contributed by atoms with E-state index in [1.54, 1.807) is 0 Å². The first-order valence-electron chi connectivity index (χ1n) is 6.47. The zero-order chi connectivity index (χ0) is 13.2. The van der Waals surface area contributed by atoms with Crippen LogP contribution < -0.4 is 17.0 Å². The Hall–Kier alpha value is -2.06. The molecule has 102 valence electrons. The number of aryl methyl sites for hydroxylation is 2. The van der Waals surface area contributed by atoms with Gasteiger partial charge in [-0.05, 0) is 37.1 Å². The molecule has 3 heteroatoms. The molecule has 0 N–H and O–H groups in total. The van der Waals surface area contributed by atoms with Gasteiger partial charge in [-0.15, -0.1) is 0 Å². The molecule has 3 aromatic rings. The Morgan fingerprint density at radius 3 is 2.20 bits per heavy atom. The minimum absolute atomic E-state index is 0. The fraction of sp³-hybridized carbons (Fsp3) is 0.118. The summed E-state index contributed by atoms with van der Waals surface area (Å²) in [6, 6.07) is 16.8. The first kappa shape index (κ1) is 14.4. The number of halogens is 1. The predicted molar refractivity (Wildman–Crippen MR) is 76.8 cm³/mol.